The third-order valence-electron chi connectivity index (χ3n) is 4.59. The molecule has 1 unspecified atom stereocenters. The van der Waals surface area contributed by atoms with Gasteiger partial charge in [-0.15, -0.1) is 0 Å². The van der Waals surface area contributed by atoms with E-state index in [4.69, 9.17) is 0 Å². The SMILES string of the molecule is CC(NCC1(N(C)C)CCCC1)c1ccc(F)cc1. The van der Waals surface area contributed by atoms with E-state index in [2.05, 4.69) is 31.2 Å². The maximum Gasteiger partial charge on any atom is 0.123 e. The van der Waals surface area contributed by atoms with E-state index in [1.165, 1.54) is 37.8 Å². The standard InChI is InChI=1S/C16H25FN2/c1-13(14-6-8-15(17)9-7-14)18-12-16(19(2)3)10-4-5-11-16/h6-9,13,18H,4-5,10-12H2,1-3H3. The van der Waals surface area contributed by atoms with Crippen molar-refractivity contribution in [3.05, 3.63) is 35.6 Å². The third kappa shape index (κ3) is 3.34. The number of halogens is 1. The molecule has 1 atom stereocenters. The van der Waals surface area contributed by atoms with Crippen LogP contribution in [0.15, 0.2) is 24.3 Å². The summed E-state index contributed by atoms with van der Waals surface area (Å²) in [6, 6.07) is 7.06. The lowest BCUT2D eigenvalue weighted by Crippen LogP contribution is -2.50. The van der Waals surface area contributed by atoms with E-state index in [1.807, 2.05) is 12.1 Å². The molecule has 3 heteroatoms. The van der Waals surface area contributed by atoms with Crippen LogP contribution in [0.2, 0.25) is 0 Å². The van der Waals surface area contributed by atoms with Crippen molar-refractivity contribution < 1.29 is 4.39 Å². The summed E-state index contributed by atoms with van der Waals surface area (Å²) in [5.74, 6) is -0.170. The molecule has 2 rings (SSSR count). The lowest BCUT2D eigenvalue weighted by atomic mass is 9.95. The highest BCUT2D eigenvalue weighted by Crippen LogP contribution is 2.33. The first-order valence-electron chi connectivity index (χ1n) is 7.20. The average molecular weight is 264 g/mol. The Morgan fingerprint density at radius 1 is 1.21 bits per heavy atom. The van der Waals surface area contributed by atoms with Gasteiger partial charge in [0.1, 0.15) is 5.82 Å². The molecule has 106 valence electrons. The second-order valence-corrected chi connectivity index (χ2v) is 5.98. The number of nitrogens with one attached hydrogen (secondary N) is 1. The van der Waals surface area contributed by atoms with Crippen LogP contribution >= 0.6 is 0 Å². The van der Waals surface area contributed by atoms with Crippen molar-refractivity contribution in [3.8, 4) is 0 Å². The molecule has 1 aliphatic rings. The zero-order valence-electron chi connectivity index (χ0n) is 12.2. The van der Waals surface area contributed by atoms with Crippen LogP contribution in [-0.2, 0) is 0 Å². The van der Waals surface area contributed by atoms with Crippen LogP contribution < -0.4 is 5.32 Å². The van der Waals surface area contributed by atoms with E-state index in [9.17, 15) is 4.39 Å². The van der Waals surface area contributed by atoms with Gasteiger partial charge in [-0.1, -0.05) is 25.0 Å². The third-order valence-corrected chi connectivity index (χ3v) is 4.59. The van der Waals surface area contributed by atoms with Gasteiger partial charge in [0.2, 0.25) is 0 Å². The zero-order valence-corrected chi connectivity index (χ0v) is 12.2. The number of rotatable bonds is 5. The maximum absolute atomic E-state index is 12.9. The second-order valence-electron chi connectivity index (χ2n) is 5.98. The molecule has 1 saturated carbocycles. The number of hydrogen-bond acceptors (Lipinski definition) is 2. The minimum Gasteiger partial charge on any atom is -0.308 e. The Morgan fingerprint density at radius 2 is 1.79 bits per heavy atom. The molecule has 0 radical (unpaired) electrons. The Kier molecular flexibility index (Phi) is 4.58. The molecule has 0 amide bonds. The van der Waals surface area contributed by atoms with Gasteiger partial charge in [0.15, 0.2) is 0 Å². The van der Waals surface area contributed by atoms with Gasteiger partial charge in [0.25, 0.3) is 0 Å². The van der Waals surface area contributed by atoms with Crippen molar-refractivity contribution in [2.75, 3.05) is 20.6 Å². The van der Waals surface area contributed by atoms with Gasteiger partial charge in [-0.2, -0.15) is 0 Å². The largest absolute Gasteiger partial charge is 0.308 e. The fraction of sp³-hybridized carbons (Fsp3) is 0.625. The van der Waals surface area contributed by atoms with Gasteiger partial charge in [0, 0.05) is 18.1 Å². The number of nitrogens with zero attached hydrogens (tertiary/aromatic N) is 1. The molecule has 0 aliphatic heterocycles. The van der Waals surface area contributed by atoms with Gasteiger partial charge in [0.05, 0.1) is 0 Å². The van der Waals surface area contributed by atoms with E-state index < -0.39 is 0 Å². The molecule has 1 N–H and O–H groups in total. The predicted octanol–water partition coefficient (Wildman–Crippen LogP) is 3.35. The van der Waals surface area contributed by atoms with Gasteiger partial charge in [-0.05, 0) is 51.6 Å². The molecule has 1 aliphatic carbocycles. The minimum absolute atomic E-state index is 0.170. The fourth-order valence-electron chi connectivity index (χ4n) is 3.03. The highest BCUT2D eigenvalue weighted by molar-refractivity contribution is 5.19. The summed E-state index contributed by atoms with van der Waals surface area (Å²) in [5, 5.41) is 3.62. The van der Waals surface area contributed by atoms with Crippen LogP contribution in [0.5, 0.6) is 0 Å². The molecule has 0 spiro atoms. The van der Waals surface area contributed by atoms with Crippen LogP contribution in [0.4, 0.5) is 4.39 Å². The van der Waals surface area contributed by atoms with E-state index in [0.717, 1.165) is 12.1 Å². The summed E-state index contributed by atoms with van der Waals surface area (Å²) in [4.78, 5) is 2.37. The Bertz CT molecular complexity index is 394. The highest BCUT2D eigenvalue weighted by Gasteiger charge is 2.35. The van der Waals surface area contributed by atoms with E-state index in [-0.39, 0.29) is 11.9 Å². The summed E-state index contributed by atoms with van der Waals surface area (Å²) in [6.07, 6.45) is 5.18. The molecular weight excluding hydrogens is 239 g/mol. The Hall–Kier alpha value is -0.930. The van der Waals surface area contributed by atoms with Gasteiger partial charge in [-0.25, -0.2) is 4.39 Å². The molecule has 0 saturated heterocycles. The Labute approximate surface area is 116 Å². The van der Waals surface area contributed by atoms with Crippen molar-refractivity contribution >= 4 is 0 Å². The molecule has 0 heterocycles. The van der Waals surface area contributed by atoms with Crippen LogP contribution in [0.3, 0.4) is 0 Å². The summed E-state index contributed by atoms with van der Waals surface area (Å²) in [7, 11) is 4.35. The van der Waals surface area contributed by atoms with Crippen molar-refractivity contribution in [2.45, 2.75) is 44.2 Å². The molecule has 0 bridgehead atoms. The molecule has 2 nitrogen and oxygen atoms in total. The average Bonchev–Trinajstić information content (AvgIpc) is 2.87. The lowest BCUT2D eigenvalue weighted by molar-refractivity contribution is 0.150. The smallest absolute Gasteiger partial charge is 0.123 e. The maximum atomic E-state index is 12.9. The molecule has 19 heavy (non-hydrogen) atoms. The quantitative estimate of drug-likeness (QED) is 0.877. The number of likely N-dealkylation sites (N-methyl/N-ethyl adjacent to an activating group) is 1. The van der Waals surface area contributed by atoms with E-state index >= 15 is 0 Å². The lowest BCUT2D eigenvalue weighted by Gasteiger charge is -2.37. The molecule has 1 fully saturated rings. The van der Waals surface area contributed by atoms with Crippen molar-refractivity contribution in [1.82, 2.24) is 10.2 Å². The first kappa shape index (κ1) is 14.5. The fourth-order valence-corrected chi connectivity index (χ4v) is 3.03. The van der Waals surface area contributed by atoms with Crippen molar-refractivity contribution in [2.24, 2.45) is 0 Å². The summed E-state index contributed by atoms with van der Waals surface area (Å²) in [6.45, 7) is 3.14. The monoisotopic (exact) mass is 264 g/mol. The number of hydrogen-bond donors (Lipinski definition) is 1. The molecule has 0 aromatic heterocycles. The highest BCUT2D eigenvalue weighted by atomic mass is 19.1. The second kappa shape index (κ2) is 6.02. The molecule has 1 aromatic carbocycles. The Balaban J connectivity index is 1.95. The van der Waals surface area contributed by atoms with Crippen LogP contribution in [0, 0.1) is 5.82 Å². The van der Waals surface area contributed by atoms with Gasteiger partial charge >= 0.3 is 0 Å². The molecular formula is C16H25FN2. The van der Waals surface area contributed by atoms with E-state index in [1.54, 1.807) is 0 Å². The Morgan fingerprint density at radius 3 is 2.32 bits per heavy atom. The molecule has 1 aromatic rings. The summed E-state index contributed by atoms with van der Waals surface area (Å²) in [5.41, 5.74) is 1.45. The normalized spacial score (nSPS) is 19.8. The summed E-state index contributed by atoms with van der Waals surface area (Å²) >= 11 is 0. The summed E-state index contributed by atoms with van der Waals surface area (Å²) < 4.78 is 12.9. The van der Waals surface area contributed by atoms with Crippen LogP contribution in [-0.4, -0.2) is 31.1 Å². The predicted molar refractivity (Wildman–Crippen MR) is 77.7 cm³/mol. The number of benzene rings is 1. The topological polar surface area (TPSA) is 15.3 Å². The first-order valence-corrected chi connectivity index (χ1v) is 7.20. The van der Waals surface area contributed by atoms with Crippen molar-refractivity contribution in [3.63, 3.8) is 0 Å². The van der Waals surface area contributed by atoms with Gasteiger partial charge in [-0.3, -0.25) is 0 Å². The zero-order chi connectivity index (χ0) is 13.9. The minimum atomic E-state index is -0.170. The van der Waals surface area contributed by atoms with Crippen LogP contribution in [0.1, 0.15) is 44.2 Å². The van der Waals surface area contributed by atoms with Crippen molar-refractivity contribution in [1.29, 1.82) is 0 Å². The first-order chi connectivity index (χ1) is 9.03. The van der Waals surface area contributed by atoms with E-state index in [0.29, 0.717) is 5.54 Å². The van der Waals surface area contributed by atoms with Gasteiger partial charge < -0.3 is 10.2 Å². The van der Waals surface area contributed by atoms with Crippen LogP contribution in [0.25, 0.3) is 0 Å².